The quantitative estimate of drug-likeness (QED) is 0.602. The second-order valence-corrected chi connectivity index (χ2v) is 5.15. The van der Waals surface area contributed by atoms with Gasteiger partial charge in [-0.1, -0.05) is 18.6 Å². The molecule has 0 saturated heterocycles. The van der Waals surface area contributed by atoms with Crippen LogP contribution >= 0.6 is 0 Å². The average Bonchev–Trinajstić information content (AvgIpc) is 2.46. The van der Waals surface area contributed by atoms with Crippen LogP contribution in [0.25, 0.3) is 6.08 Å². The summed E-state index contributed by atoms with van der Waals surface area (Å²) < 4.78 is 42.9. The third-order valence-corrected chi connectivity index (χ3v) is 3.46. The molecule has 114 valence electrons. The average molecular weight is 298 g/mol. The van der Waals surface area contributed by atoms with Crippen LogP contribution in [0.5, 0.6) is 0 Å². The SMILES string of the molecule is O=C(/C=C/c1cccc(C(F)(F)F)c1)OC1CCCCC1. The summed E-state index contributed by atoms with van der Waals surface area (Å²) in [5, 5.41) is 0. The van der Waals surface area contributed by atoms with E-state index in [4.69, 9.17) is 4.74 Å². The van der Waals surface area contributed by atoms with Gasteiger partial charge in [0.25, 0.3) is 0 Å². The molecule has 0 atom stereocenters. The number of ether oxygens (including phenoxy) is 1. The highest BCUT2D eigenvalue weighted by molar-refractivity contribution is 5.87. The maximum Gasteiger partial charge on any atom is 0.416 e. The number of benzene rings is 1. The second kappa shape index (κ2) is 6.78. The molecule has 0 heterocycles. The normalized spacial score (nSPS) is 17.1. The number of rotatable bonds is 3. The topological polar surface area (TPSA) is 26.3 Å². The number of esters is 1. The number of alkyl halides is 3. The summed E-state index contributed by atoms with van der Waals surface area (Å²) in [5.41, 5.74) is -0.407. The van der Waals surface area contributed by atoms with Crippen LogP contribution in [0.1, 0.15) is 43.2 Å². The summed E-state index contributed by atoms with van der Waals surface area (Å²) in [4.78, 5) is 11.6. The van der Waals surface area contributed by atoms with E-state index in [1.807, 2.05) is 0 Å². The lowest BCUT2D eigenvalue weighted by Gasteiger charge is -2.20. The van der Waals surface area contributed by atoms with Crippen molar-refractivity contribution in [1.82, 2.24) is 0 Å². The van der Waals surface area contributed by atoms with E-state index >= 15 is 0 Å². The molecule has 5 heteroatoms. The van der Waals surface area contributed by atoms with Crippen molar-refractivity contribution in [2.24, 2.45) is 0 Å². The minimum absolute atomic E-state index is 0.0580. The Balaban J connectivity index is 1.95. The van der Waals surface area contributed by atoms with Crippen molar-refractivity contribution in [2.75, 3.05) is 0 Å². The number of hydrogen-bond donors (Lipinski definition) is 0. The van der Waals surface area contributed by atoms with Crippen LogP contribution in [0, 0.1) is 0 Å². The molecule has 0 aromatic heterocycles. The van der Waals surface area contributed by atoms with Gasteiger partial charge in [0.15, 0.2) is 0 Å². The fraction of sp³-hybridized carbons (Fsp3) is 0.438. The highest BCUT2D eigenvalue weighted by Gasteiger charge is 2.30. The van der Waals surface area contributed by atoms with Crippen LogP contribution < -0.4 is 0 Å². The molecule has 1 aliphatic carbocycles. The Kier molecular flexibility index (Phi) is 5.04. The highest BCUT2D eigenvalue weighted by Crippen LogP contribution is 2.29. The molecule has 0 aliphatic heterocycles. The van der Waals surface area contributed by atoms with Crippen molar-refractivity contribution in [3.8, 4) is 0 Å². The van der Waals surface area contributed by atoms with Gasteiger partial charge in [0, 0.05) is 6.08 Å². The molecule has 21 heavy (non-hydrogen) atoms. The van der Waals surface area contributed by atoms with E-state index in [0.717, 1.165) is 44.2 Å². The smallest absolute Gasteiger partial charge is 0.416 e. The summed E-state index contributed by atoms with van der Waals surface area (Å²) in [6.07, 6.45) is 3.08. The Bertz CT molecular complexity index is 514. The minimum atomic E-state index is -4.38. The molecule has 1 saturated carbocycles. The first kappa shape index (κ1) is 15.6. The predicted molar refractivity (Wildman–Crippen MR) is 73.4 cm³/mol. The van der Waals surface area contributed by atoms with Crippen LogP contribution in [0.2, 0.25) is 0 Å². The highest BCUT2D eigenvalue weighted by atomic mass is 19.4. The lowest BCUT2D eigenvalue weighted by molar-refractivity contribution is -0.144. The zero-order valence-electron chi connectivity index (χ0n) is 11.5. The molecule has 0 amide bonds. The second-order valence-electron chi connectivity index (χ2n) is 5.15. The van der Waals surface area contributed by atoms with E-state index in [0.29, 0.717) is 5.56 Å². The standard InChI is InChI=1S/C16H17F3O2/c17-16(18,19)13-6-4-5-12(11-13)9-10-15(20)21-14-7-2-1-3-8-14/h4-6,9-11,14H,1-3,7-8H2/b10-9+. The molecule has 0 bridgehead atoms. The Morgan fingerprint density at radius 1 is 1.19 bits per heavy atom. The first-order chi connectivity index (χ1) is 9.95. The summed E-state index contributed by atoms with van der Waals surface area (Å²) in [6.45, 7) is 0. The van der Waals surface area contributed by atoms with E-state index in [2.05, 4.69) is 0 Å². The Hall–Kier alpha value is -1.78. The molecule has 0 unspecified atom stereocenters. The van der Waals surface area contributed by atoms with Gasteiger partial charge < -0.3 is 4.74 Å². The largest absolute Gasteiger partial charge is 0.459 e. The first-order valence-electron chi connectivity index (χ1n) is 7.01. The molecule has 2 nitrogen and oxygen atoms in total. The monoisotopic (exact) mass is 298 g/mol. The van der Waals surface area contributed by atoms with Crippen molar-refractivity contribution < 1.29 is 22.7 Å². The lowest BCUT2D eigenvalue weighted by atomic mass is 9.98. The van der Waals surface area contributed by atoms with Gasteiger partial charge in [0.2, 0.25) is 0 Å². The van der Waals surface area contributed by atoms with Crippen molar-refractivity contribution in [2.45, 2.75) is 44.4 Å². The van der Waals surface area contributed by atoms with Gasteiger partial charge in [0.1, 0.15) is 6.10 Å². The van der Waals surface area contributed by atoms with Crippen LogP contribution in [-0.4, -0.2) is 12.1 Å². The van der Waals surface area contributed by atoms with Crippen LogP contribution in [0.4, 0.5) is 13.2 Å². The Morgan fingerprint density at radius 2 is 1.90 bits per heavy atom. The fourth-order valence-corrected chi connectivity index (χ4v) is 2.37. The Labute approximate surface area is 121 Å². The summed E-state index contributed by atoms with van der Waals surface area (Å²) in [5.74, 6) is -0.501. The number of halogens is 3. The van der Waals surface area contributed by atoms with Gasteiger partial charge in [0.05, 0.1) is 5.56 Å². The Morgan fingerprint density at radius 3 is 2.57 bits per heavy atom. The third kappa shape index (κ3) is 4.92. The van der Waals surface area contributed by atoms with Gasteiger partial charge in [-0.25, -0.2) is 4.79 Å². The molecule has 1 fully saturated rings. The predicted octanol–water partition coefficient (Wildman–Crippen LogP) is 4.59. The molecular weight excluding hydrogens is 281 g/mol. The zero-order valence-corrected chi connectivity index (χ0v) is 11.5. The molecule has 0 N–H and O–H groups in total. The first-order valence-corrected chi connectivity index (χ1v) is 7.01. The number of carbonyl (C=O) groups excluding carboxylic acids is 1. The minimum Gasteiger partial charge on any atom is -0.459 e. The third-order valence-electron chi connectivity index (χ3n) is 3.46. The van der Waals surface area contributed by atoms with Crippen molar-refractivity contribution in [1.29, 1.82) is 0 Å². The summed E-state index contributed by atoms with van der Waals surface area (Å²) in [7, 11) is 0. The number of carbonyl (C=O) groups is 1. The van der Waals surface area contributed by atoms with Crippen molar-refractivity contribution in [3.63, 3.8) is 0 Å². The molecule has 1 aromatic carbocycles. The van der Waals surface area contributed by atoms with E-state index in [1.54, 1.807) is 0 Å². The maximum absolute atomic E-state index is 12.6. The van der Waals surface area contributed by atoms with Gasteiger partial charge in [-0.3, -0.25) is 0 Å². The molecule has 0 spiro atoms. The zero-order chi connectivity index (χ0) is 15.3. The fourth-order valence-electron chi connectivity index (χ4n) is 2.37. The van der Waals surface area contributed by atoms with E-state index in [-0.39, 0.29) is 6.10 Å². The lowest BCUT2D eigenvalue weighted by Crippen LogP contribution is -2.19. The molecule has 0 radical (unpaired) electrons. The maximum atomic E-state index is 12.6. The van der Waals surface area contributed by atoms with Crippen LogP contribution in [0.3, 0.4) is 0 Å². The van der Waals surface area contributed by atoms with Crippen molar-refractivity contribution >= 4 is 12.0 Å². The van der Waals surface area contributed by atoms with Gasteiger partial charge in [-0.2, -0.15) is 13.2 Å². The number of hydrogen-bond acceptors (Lipinski definition) is 2. The van der Waals surface area contributed by atoms with Gasteiger partial charge >= 0.3 is 12.1 Å². The van der Waals surface area contributed by atoms with Crippen LogP contribution in [-0.2, 0) is 15.7 Å². The molecule has 1 aliphatic rings. The van der Waals surface area contributed by atoms with Gasteiger partial charge in [-0.05, 0) is 49.5 Å². The molecular formula is C16H17F3O2. The molecule has 2 rings (SSSR count). The van der Waals surface area contributed by atoms with E-state index < -0.39 is 17.7 Å². The molecule has 1 aromatic rings. The van der Waals surface area contributed by atoms with E-state index in [1.165, 1.54) is 24.3 Å². The van der Waals surface area contributed by atoms with Crippen molar-refractivity contribution in [3.05, 3.63) is 41.5 Å². The summed E-state index contributed by atoms with van der Waals surface area (Å²) >= 11 is 0. The van der Waals surface area contributed by atoms with Gasteiger partial charge in [-0.15, -0.1) is 0 Å². The summed E-state index contributed by atoms with van der Waals surface area (Å²) in [6, 6.07) is 4.83. The van der Waals surface area contributed by atoms with Crippen LogP contribution in [0.15, 0.2) is 30.3 Å². The van der Waals surface area contributed by atoms with E-state index in [9.17, 15) is 18.0 Å².